The van der Waals surface area contributed by atoms with Crippen molar-refractivity contribution in [2.45, 2.75) is 13.3 Å². The van der Waals surface area contributed by atoms with Gasteiger partial charge in [0.05, 0.1) is 11.9 Å². The van der Waals surface area contributed by atoms with Crippen LogP contribution in [0.2, 0.25) is 5.02 Å². The molecule has 0 aliphatic heterocycles. The highest BCUT2D eigenvalue weighted by atomic mass is 35.5. The Morgan fingerprint density at radius 2 is 1.86 bits per heavy atom. The minimum Gasteiger partial charge on any atom is -0.508 e. The maximum absolute atomic E-state index is 10.3. The quantitative estimate of drug-likeness (QED) is 0.672. The van der Waals surface area contributed by atoms with Crippen molar-refractivity contribution in [2.24, 2.45) is 0 Å². The van der Waals surface area contributed by atoms with Crippen LogP contribution in [0.15, 0.2) is 42.6 Å². The molecule has 3 rings (SSSR count). The Labute approximate surface area is 133 Å². The Hall–Kier alpha value is -2.46. The Balaban J connectivity index is 2.19. The third-order valence-corrected chi connectivity index (χ3v) is 3.86. The summed E-state index contributed by atoms with van der Waals surface area (Å²) in [4.78, 5) is 0. The van der Waals surface area contributed by atoms with Crippen molar-refractivity contribution in [3.63, 3.8) is 0 Å². The number of hydrogen-bond donors (Lipinski definition) is 3. The zero-order chi connectivity index (χ0) is 15.7. The number of H-pyrrole nitrogens is 1. The Kier molecular flexibility index (Phi) is 3.77. The standard InChI is InChI=1S/C17H15ClN2O2/c1-2-10-7-13(21)8-15(22)16(10)17-14(9-19-20-17)11-3-5-12(18)6-4-11/h3-9,21-22H,2H2,1H3,(H,19,20). The van der Waals surface area contributed by atoms with Crippen LogP contribution >= 0.6 is 11.6 Å². The van der Waals surface area contributed by atoms with Crippen LogP contribution in [0.5, 0.6) is 11.5 Å². The van der Waals surface area contributed by atoms with E-state index in [0.717, 1.165) is 22.4 Å². The van der Waals surface area contributed by atoms with Gasteiger partial charge in [-0.1, -0.05) is 30.7 Å². The molecule has 3 aromatic rings. The van der Waals surface area contributed by atoms with E-state index >= 15 is 0 Å². The molecule has 2 aromatic carbocycles. The van der Waals surface area contributed by atoms with Crippen LogP contribution in [0.1, 0.15) is 12.5 Å². The van der Waals surface area contributed by atoms with Crippen LogP contribution in [-0.2, 0) is 6.42 Å². The van der Waals surface area contributed by atoms with E-state index in [1.807, 2.05) is 31.2 Å². The van der Waals surface area contributed by atoms with Crippen molar-refractivity contribution < 1.29 is 10.2 Å². The number of nitrogens with zero attached hydrogens (tertiary/aromatic N) is 1. The molecule has 4 nitrogen and oxygen atoms in total. The van der Waals surface area contributed by atoms with Crippen molar-refractivity contribution in [3.05, 3.63) is 53.2 Å². The minimum atomic E-state index is 0.0244. The van der Waals surface area contributed by atoms with E-state index < -0.39 is 0 Å². The van der Waals surface area contributed by atoms with Gasteiger partial charge in [-0.05, 0) is 35.7 Å². The average Bonchev–Trinajstić information content (AvgIpc) is 2.96. The van der Waals surface area contributed by atoms with Gasteiger partial charge >= 0.3 is 0 Å². The summed E-state index contributed by atoms with van der Waals surface area (Å²) in [6.45, 7) is 1.97. The predicted molar refractivity (Wildman–Crippen MR) is 87.2 cm³/mol. The van der Waals surface area contributed by atoms with Crippen molar-refractivity contribution in [1.82, 2.24) is 10.2 Å². The summed E-state index contributed by atoms with van der Waals surface area (Å²) in [5.74, 6) is 0.0713. The molecule has 0 saturated heterocycles. The van der Waals surface area contributed by atoms with Gasteiger partial charge in [-0.3, -0.25) is 5.10 Å². The third kappa shape index (κ3) is 2.53. The molecule has 0 radical (unpaired) electrons. The number of hydrogen-bond acceptors (Lipinski definition) is 3. The molecule has 3 N–H and O–H groups in total. The van der Waals surface area contributed by atoms with Crippen LogP contribution in [0, 0.1) is 0 Å². The lowest BCUT2D eigenvalue weighted by atomic mass is 9.96. The second-order valence-corrected chi connectivity index (χ2v) is 5.45. The molecule has 0 saturated carbocycles. The van der Waals surface area contributed by atoms with E-state index in [9.17, 15) is 10.2 Å². The predicted octanol–water partition coefficient (Wildman–Crippen LogP) is 4.37. The first-order valence-electron chi connectivity index (χ1n) is 6.94. The number of benzene rings is 2. The third-order valence-electron chi connectivity index (χ3n) is 3.61. The molecule has 5 heteroatoms. The van der Waals surface area contributed by atoms with Gasteiger partial charge in [0.25, 0.3) is 0 Å². The molecular formula is C17H15ClN2O2. The number of halogens is 1. The van der Waals surface area contributed by atoms with Crippen LogP contribution in [0.3, 0.4) is 0 Å². The molecule has 0 atom stereocenters. The summed E-state index contributed by atoms with van der Waals surface area (Å²) in [5, 5.41) is 27.6. The van der Waals surface area contributed by atoms with Crippen molar-refractivity contribution >= 4 is 11.6 Å². The van der Waals surface area contributed by atoms with E-state index in [1.54, 1.807) is 12.3 Å². The lowest BCUT2D eigenvalue weighted by Crippen LogP contribution is -1.91. The normalized spacial score (nSPS) is 10.8. The summed E-state index contributed by atoms with van der Waals surface area (Å²) < 4.78 is 0. The highest BCUT2D eigenvalue weighted by Gasteiger charge is 2.17. The van der Waals surface area contributed by atoms with Gasteiger partial charge in [-0.25, -0.2) is 0 Å². The topological polar surface area (TPSA) is 69.1 Å². The fraction of sp³-hybridized carbons (Fsp3) is 0.118. The molecule has 112 valence electrons. The molecule has 0 amide bonds. The number of aromatic nitrogens is 2. The summed E-state index contributed by atoms with van der Waals surface area (Å²) >= 11 is 5.93. The van der Waals surface area contributed by atoms with Crippen LogP contribution < -0.4 is 0 Å². The number of nitrogens with one attached hydrogen (secondary N) is 1. The van der Waals surface area contributed by atoms with Crippen molar-refractivity contribution in [2.75, 3.05) is 0 Å². The second kappa shape index (κ2) is 5.73. The molecule has 22 heavy (non-hydrogen) atoms. The molecule has 0 aliphatic carbocycles. The fourth-order valence-corrected chi connectivity index (χ4v) is 2.69. The van der Waals surface area contributed by atoms with Gasteiger partial charge in [0.15, 0.2) is 0 Å². The van der Waals surface area contributed by atoms with Crippen LogP contribution in [0.4, 0.5) is 0 Å². The van der Waals surface area contributed by atoms with Gasteiger partial charge < -0.3 is 10.2 Å². The Morgan fingerprint density at radius 1 is 1.14 bits per heavy atom. The van der Waals surface area contributed by atoms with Gasteiger partial charge in [0.1, 0.15) is 11.5 Å². The lowest BCUT2D eigenvalue weighted by molar-refractivity contribution is 0.450. The average molecular weight is 315 g/mol. The number of aromatic amines is 1. The second-order valence-electron chi connectivity index (χ2n) is 5.02. The largest absolute Gasteiger partial charge is 0.508 e. The summed E-state index contributed by atoms with van der Waals surface area (Å²) in [6, 6.07) is 10.4. The lowest BCUT2D eigenvalue weighted by Gasteiger charge is -2.11. The first-order valence-corrected chi connectivity index (χ1v) is 7.32. The highest BCUT2D eigenvalue weighted by molar-refractivity contribution is 6.30. The van der Waals surface area contributed by atoms with Gasteiger partial charge in [-0.2, -0.15) is 5.10 Å². The highest BCUT2D eigenvalue weighted by Crippen LogP contribution is 2.40. The Bertz CT molecular complexity index is 810. The van der Waals surface area contributed by atoms with Crippen LogP contribution in [0.25, 0.3) is 22.4 Å². The Morgan fingerprint density at radius 3 is 2.55 bits per heavy atom. The number of rotatable bonds is 3. The number of aryl methyl sites for hydroxylation is 1. The monoisotopic (exact) mass is 314 g/mol. The van der Waals surface area contributed by atoms with E-state index in [0.29, 0.717) is 17.0 Å². The maximum Gasteiger partial charge on any atom is 0.128 e. The molecule has 1 aromatic heterocycles. The molecular weight excluding hydrogens is 300 g/mol. The molecule has 0 aliphatic rings. The van der Waals surface area contributed by atoms with Crippen LogP contribution in [-0.4, -0.2) is 20.4 Å². The molecule has 0 fully saturated rings. The van der Waals surface area contributed by atoms with Gasteiger partial charge in [-0.15, -0.1) is 0 Å². The smallest absolute Gasteiger partial charge is 0.128 e. The van der Waals surface area contributed by atoms with E-state index in [2.05, 4.69) is 10.2 Å². The summed E-state index contributed by atoms with van der Waals surface area (Å²) in [6.07, 6.45) is 2.39. The maximum atomic E-state index is 10.3. The number of phenolic OH excluding ortho intramolecular Hbond substituents is 2. The summed E-state index contributed by atoms with van der Waals surface area (Å²) in [5.41, 5.74) is 4.03. The molecule has 0 unspecified atom stereocenters. The van der Waals surface area contributed by atoms with Gasteiger partial charge in [0.2, 0.25) is 0 Å². The first-order chi connectivity index (χ1) is 10.6. The van der Waals surface area contributed by atoms with E-state index in [-0.39, 0.29) is 11.5 Å². The molecule has 1 heterocycles. The fourth-order valence-electron chi connectivity index (χ4n) is 2.56. The number of aromatic hydroxyl groups is 2. The molecule has 0 spiro atoms. The zero-order valence-corrected chi connectivity index (χ0v) is 12.7. The molecule has 0 bridgehead atoms. The van der Waals surface area contributed by atoms with Crippen molar-refractivity contribution in [3.8, 4) is 33.9 Å². The van der Waals surface area contributed by atoms with E-state index in [1.165, 1.54) is 6.07 Å². The van der Waals surface area contributed by atoms with E-state index in [4.69, 9.17) is 11.6 Å². The van der Waals surface area contributed by atoms with Crippen molar-refractivity contribution in [1.29, 1.82) is 0 Å². The first kappa shape index (κ1) is 14.5. The number of phenols is 2. The minimum absolute atomic E-state index is 0.0244. The summed E-state index contributed by atoms with van der Waals surface area (Å²) in [7, 11) is 0. The SMILES string of the molecule is CCc1cc(O)cc(O)c1-c1[nH]ncc1-c1ccc(Cl)cc1. The van der Waals surface area contributed by atoms with Gasteiger partial charge in [0, 0.05) is 22.2 Å². The zero-order valence-electron chi connectivity index (χ0n) is 12.0.